The first-order valence-corrected chi connectivity index (χ1v) is 6.08. The van der Waals surface area contributed by atoms with Crippen molar-refractivity contribution >= 4 is 5.84 Å². The topological polar surface area (TPSA) is 117 Å². The van der Waals surface area contributed by atoms with Crippen molar-refractivity contribution in [3.63, 3.8) is 0 Å². The molecule has 0 saturated carbocycles. The molecule has 1 aromatic rings. The highest BCUT2D eigenvalue weighted by Gasteiger charge is 2.24. The summed E-state index contributed by atoms with van der Waals surface area (Å²) in [5.74, 6) is 0.332. The van der Waals surface area contributed by atoms with Crippen LogP contribution in [0.4, 0.5) is 0 Å². The first-order valence-electron chi connectivity index (χ1n) is 6.08. The third-order valence-corrected chi connectivity index (χ3v) is 2.99. The van der Waals surface area contributed by atoms with Crippen LogP contribution in [0.25, 0.3) is 0 Å². The fourth-order valence-electron chi connectivity index (χ4n) is 2.16. The molecule has 0 atom stereocenters. The largest absolute Gasteiger partial charge is 0.507 e. The van der Waals surface area contributed by atoms with Gasteiger partial charge in [-0.3, -0.25) is 5.41 Å². The van der Waals surface area contributed by atoms with Crippen LogP contribution in [0.15, 0.2) is 18.3 Å². The van der Waals surface area contributed by atoms with E-state index in [-0.39, 0.29) is 17.1 Å². The second-order valence-corrected chi connectivity index (χ2v) is 4.27. The minimum Gasteiger partial charge on any atom is -0.507 e. The average Bonchev–Trinajstić information content (AvgIpc) is 2.82. The first kappa shape index (κ1) is 13.2. The summed E-state index contributed by atoms with van der Waals surface area (Å²) in [5, 5.41) is 20.6. The van der Waals surface area contributed by atoms with E-state index in [2.05, 4.69) is 5.32 Å². The van der Waals surface area contributed by atoms with Gasteiger partial charge in [0.15, 0.2) is 0 Å². The second-order valence-electron chi connectivity index (χ2n) is 4.27. The molecule has 102 valence electrons. The third-order valence-electron chi connectivity index (χ3n) is 2.99. The van der Waals surface area contributed by atoms with Crippen LogP contribution >= 0.6 is 0 Å². The Morgan fingerprint density at radius 3 is 3.05 bits per heavy atom. The van der Waals surface area contributed by atoms with E-state index in [9.17, 15) is 5.11 Å². The number of phenolic OH excluding ortho intramolecular Hbond substituents is 1. The van der Waals surface area contributed by atoms with Crippen LogP contribution in [0.2, 0.25) is 0 Å². The number of nitrogen functional groups attached to an aromatic ring is 1. The van der Waals surface area contributed by atoms with Crippen LogP contribution in [0, 0.1) is 5.41 Å². The number of rotatable bonds is 5. The number of nitrogens with two attached hydrogens (primary N) is 2. The fraction of sp³-hybridized carbons (Fsp3) is 0.308. The lowest BCUT2D eigenvalue weighted by Gasteiger charge is -2.13. The number of nitrogens with one attached hydrogen (secondary N) is 2. The van der Waals surface area contributed by atoms with Crippen molar-refractivity contribution in [2.45, 2.75) is 13.0 Å². The van der Waals surface area contributed by atoms with Gasteiger partial charge in [-0.25, -0.2) is 0 Å². The molecule has 0 spiro atoms. The first-order chi connectivity index (χ1) is 9.15. The van der Waals surface area contributed by atoms with Gasteiger partial charge < -0.3 is 26.6 Å². The smallest absolute Gasteiger partial charge is 0.137 e. The van der Waals surface area contributed by atoms with Crippen molar-refractivity contribution in [1.29, 1.82) is 5.41 Å². The van der Waals surface area contributed by atoms with Gasteiger partial charge in [0.2, 0.25) is 0 Å². The van der Waals surface area contributed by atoms with Crippen molar-refractivity contribution in [3.05, 3.63) is 35.0 Å². The molecule has 0 unspecified atom stereocenters. The predicted molar refractivity (Wildman–Crippen MR) is 73.4 cm³/mol. The lowest BCUT2D eigenvalue weighted by Crippen LogP contribution is -2.14. The number of hydrogen-bond acceptors (Lipinski definition) is 5. The van der Waals surface area contributed by atoms with E-state index in [4.69, 9.17) is 21.6 Å². The molecular formula is C13H18N4O2. The van der Waals surface area contributed by atoms with Crippen LogP contribution in [-0.4, -0.2) is 24.1 Å². The maximum atomic E-state index is 9.96. The Labute approximate surface area is 111 Å². The Morgan fingerprint density at radius 1 is 1.58 bits per heavy atom. The van der Waals surface area contributed by atoms with Crippen LogP contribution in [0.1, 0.15) is 16.7 Å². The lowest BCUT2D eigenvalue weighted by molar-refractivity contribution is 0.353. The van der Waals surface area contributed by atoms with Crippen molar-refractivity contribution in [1.82, 2.24) is 5.32 Å². The summed E-state index contributed by atoms with van der Waals surface area (Å²) in [6.07, 6.45) is 4.34. The summed E-state index contributed by atoms with van der Waals surface area (Å²) in [6.45, 7) is 1.58. The molecule has 1 aliphatic rings. The lowest BCUT2D eigenvalue weighted by atomic mass is 9.99. The quantitative estimate of drug-likeness (QED) is 0.383. The minimum absolute atomic E-state index is 0.0206. The van der Waals surface area contributed by atoms with Gasteiger partial charge in [-0.15, -0.1) is 0 Å². The molecule has 0 radical (unpaired) electrons. The zero-order chi connectivity index (χ0) is 13.8. The normalized spacial score (nSPS) is 13.3. The maximum Gasteiger partial charge on any atom is 0.137 e. The monoisotopic (exact) mass is 262 g/mol. The molecule has 1 heterocycles. The summed E-state index contributed by atoms with van der Waals surface area (Å²) >= 11 is 0. The van der Waals surface area contributed by atoms with Crippen LogP contribution in [0.3, 0.4) is 0 Å². The Kier molecular flexibility index (Phi) is 3.91. The molecule has 7 N–H and O–H groups in total. The molecule has 0 amide bonds. The Balaban J connectivity index is 2.31. The zero-order valence-electron chi connectivity index (χ0n) is 10.6. The Hall–Kier alpha value is -2.21. The van der Waals surface area contributed by atoms with Crippen molar-refractivity contribution < 1.29 is 9.84 Å². The van der Waals surface area contributed by atoms with Gasteiger partial charge in [0.1, 0.15) is 22.9 Å². The van der Waals surface area contributed by atoms with Gasteiger partial charge >= 0.3 is 0 Å². The van der Waals surface area contributed by atoms with Gasteiger partial charge in [-0.2, -0.15) is 0 Å². The molecule has 1 aromatic carbocycles. The van der Waals surface area contributed by atoms with E-state index >= 15 is 0 Å². The zero-order valence-corrected chi connectivity index (χ0v) is 10.6. The van der Waals surface area contributed by atoms with Gasteiger partial charge in [-0.1, -0.05) is 6.08 Å². The highest BCUT2D eigenvalue weighted by molar-refractivity contribution is 6.01. The number of benzene rings is 1. The fourth-order valence-corrected chi connectivity index (χ4v) is 2.16. The van der Waals surface area contributed by atoms with E-state index in [1.54, 1.807) is 18.3 Å². The average molecular weight is 262 g/mol. The SMILES string of the molecule is N=C(N)c1c(O)cc(CN/C=C\CN)c2c1OCC2. The Bertz CT molecular complexity index is 526. The molecule has 0 aromatic heterocycles. The molecule has 0 fully saturated rings. The van der Waals surface area contributed by atoms with E-state index in [0.29, 0.717) is 25.4 Å². The van der Waals surface area contributed by atoms with E-state index in [1.165, 1.54) is 0 Å². The summed E-state index contributed by atoms with van der Waals surface area (Å²) in [4.78, 5) is 0. The highest BCUT2D eigenvalue weighted by Crippen LogP contribution is 2.37. The standard InChI is InChI=1S/C13H18N4O2/c14-3-1-4-17-7-8-6-10(18)11(13(15)16)12-9(8)2-5-19-12/h1,4,6,17-18H,2-3,5,7,14H2,(H3,15,16)/b4-1-. The van der Waals surface area contributed by atoms with E-state index in [0.717, 1.165) is 17.5 Å². The number of amidine groups is 1. The van der Waals surface area contributed by atoms with Gasteiger partial charge in [0, 0.05) is 25.1 Å². The molecule has 1 aliphatic heterocycles. The van der Waals surface area contributed by atoms with E-state index in [1.807, 2.05) is 0 Å². The van der Waals surface area contributed by atoms with E-state index < -0.39 is 0 Å². The molecule has 6 nitrogen and oxygen atoms in total. The molecule has 0 aliphatic carbocycles. The number of hydrogen-bond donors (Lipinski definition) is 5. The second kappa shape index (κ2) is 5.62. The van der Waals surface area contributed by atoms with Crippen LogP contribution < -0.4 is 21.5 Å². The third kappa shape index (κ3) is 2.63. The van der Waals surface area contributed by atoms with Gasteiger partial charge in [-0.05, 0) is 17.8 Å². The molecule has 6 heteroatoms. The number of phenols is 1. The molecule has 19 heavy (non-hydrogen) atoms. The Morgan fingerprint density at radius 2 is 2.37 bits per heavy atom. The predicted octanol–water partition coefficient (Wildman–Crippen LogP) is 0.173. The number of aromatic hydroxyl groups is 1. The van der Waals surface area contributed by atoms with Crippen LogP contribution in [0.5, 0.6) is 11.5 Å². The highest BCUT2D eigenvalue weighted by atomic mass is 16.5. The van der Waals surface area contributed by atoms with Crippen molar-refractivity contribution in [3.8, 4) is 11.5 Å². The maximum absolute atomic E-state index is 9.96. The van der Waals surface area contributed by atoms with Gasteiger partial charge in [0.25, 0.3) is 0 Å². The van der Waals surface area contributed by atoms with Crippen molar-refractivity contribution in [2.75, 3.05) is 13.2 Å². The van der Waals surface area contributed by atoms with Gasteiger partial charge in [0.05, 0.1) is 6.61 Å². The summed E-state index contributed by atoms with van der Waals surface area (Å²) in [7, 11) is 0. The van der Waals surface area contributed by atoms with Crippen molar-refractivity contribution in [2.24, 2.45) is 11.5 Å². The number of fused-ring (bicyclic) bond motifs is 1. The summed E-state index contributed by atoms with van der Waals surface area (Å²) in [6, 6.07) is 1.63. The summed E-state index contributed by atoms with van der Waals surface area (Å²) in [5.41, 5.74) is 13.1. The number of ether oxygens (including phenoxy) is 1. The van der Waals surface area contributed by atoms with Crippen LogP contribution in [-0.2, 0) is 13.0 Å². The minimum atomic E-state index is -0.182. The molecule has 0 bridgehead atoms. The molecule has 2 rings (SSSR count). The molecule has 0 saturated heterocycles. The summed E-state index contributed by atoms with van der Waals surface area (Å²) < 4.78 is 5.49. The molecular weight excluding hydrogens is 244 g/mol.